The predicted octanol–water partition coefficient (Wildman–Crippen LogP) is 0.544. The van der Waals surface area contributed by atoms with E-state index in [4.69, 9.17) is 0 Å². The summed E-state index contributed by atoms with van der Waals surface area (Å²) in [6, 6.07) is 2.51. The molecule has 1 unspecified atom stereocenters. The van der Waals surface area contributed by atoms with Crippen molar-refractivity contribution in [2.24, 2.45) is 4.99 Å². The predicted molar refractivity (Wildman–Crippen MR) is 99.6 cm³/mol. The van der Waals surface area contributed by atoms with E-state index in [-0.39, 0.29) is 23.7 Å². The van der Waals surface area contributed by atoms with E-state index in [0.29, 0.717) is 29.8 Å². The van der Waals surface area contributed by atoms with Gasteiger partial charge in [-0.15, -0.1) is 5.12 Å². The SMILES string of the molecule is O=C1C=C(C2=CC(=O)NN(N3CCCCC3=O)C2c2ccc[nH]c2=O)N=CC1. The Hall–Kier alpha value is -3.33. The van der Waals surface area contributed by atoms with Gasteiger partial charge in [0, 0.05) is 55.1 Å². The highest BCUT2D eigenvalue weighted by Gasteiger charge is 2.39. The molecule has 9 heteroatoms. The highest BCUT2D eigenvalue weighted by atomic mass is 16.2. The summed E-state index contributed by atoms with van der Waals surface area (Å²) in [5.41, 5.74) is 3.37. The van der Waals surface area contributed by atoms with Gasteiger partial charge in [-0.05, 0) is 25.0 Å². The fourth-order valence-electron chi connectivity index (χ4n) is 3.58. The first-order chi connectivity index (χ1) is 13.5. The fraction of sp³-hybridized carbons (Fsp3) is 0.316. The number of carbonyl (C=O) groups excluding carboxylic acids is 3. The van der Waals surface area contributed by atoms with Gasteiger partial charge in [-0.25, -0.2) is 0 Å². The molecule has 3 aliphatic heterocycles. The van der Waals surface area contributed by atoms with Crippen molar-refractivity contribution in [1.29, 1.82) is 0 Å². The van der Waals surface area contributed by atoms with Crippen LogP contribution in [0.5, 0.6) is 0 Å². The van der Waals surface area contributed by atoms with Crippen LogP contribution in [0.2, 0.25) is 0 Å². The summed E-state index contributed by atoms with van der Waals surface area (Å²) in [4.78, 5) is 56.3. The third-order valence-corrected chi connectivity index (χ3v) is 4.87. The third kappa shape index (κ3) is 3.31. The first-order valence-electron chi connectivity index (χ1n) is 9.11. The molecule has 9 nitrogen and oxygen atoms in total. The number of rotatable bonds is 3. The molecule has 1 atom stereocenters. The summed E-state index contributed by atoms with van der Waals surface area (Å²) in [5, 5.41) is 2.86. The second-order valence-electron chi connectivity index (χ2n) is 6.76. The van der Waals surface area contributed by atoms with Crippen molar-refractivity contribution in [3.63, 3.8) is 0 Å². The molecule has 1 aromatic rings. The average molecular weight is 381 g/mol. The molecule has 1 fully saturated rings. The monoisotopic (exact) mass is 381 g/mol. The lowest BCUT2D eigenvalue weighted by Crippen LogP contribution is -2.60. The van der Waals surface area contributed by atoms with Gasteiger partial charge in [0.15, 0.2) is 5.78 Å². The van der Waals surface area contributed by atoms with Crippen LogP contribution in [-0.4, -0.2) is 45.5 Å². The van der Waals surface area contributed by atoms with Crippen molar-refractivity contribution < 1.29 is 14.4 Å². The molecule has 2 N–H and O–H groups in total. The Labute approximate surface area is 160 Å². The van der Waals surface area contributed by atoms with Gasteiger partial charge < -0.3 is 4.98 Å². The van der Waals surface area contributed by atoms with Crippen molar-refractivity contribution in [3.8, 4) is 0 Å². The Morgan fingerprint density at radius 3 is 2.71 bits per heavy atom. The van der Waals surface area contributed by atoms with Crippen molar-refractivity contribution in [2.75, 3.05) is 6.54 Å². The molecular formula is C19H19N5O4. The second kappa shape index (κ2) is 7.35. The Morgan fingerprint density at radius 2 is 1.96 bits per heavy atom. The minimum atomic E-state index is -0.793. The highest BCUT2D eigenvalue weighted by molar-refractivity contribution is 6.02. The Kier molecular flexibility index (Phi) is 4.74. The van der Waals surface area contributed by atoms with Gasteiger partial charge in [0.05, 0.1) is 5.70 Å². The molecular weight excluding hydrogens is 362 g/mol. The van der Waals surface area contributed by atoms with E-state index in [1.54, 1.807) is 12.1 Å². The first-order valence-corrected chi connectivity index (χ1v) is 9.11. The summed E-state index contributed by atoms with van der Waals surface area (Å²) >= 11 is 0. The van der Waals surface area contributed by atoms with E-state index in [0.717, 1.165) is 12.8 Å². The molecule has 0 saturated carbocycles. The number of hydrazine groups is 2. The number of carbonyl (C=O) groups is 3. The molecule has 1 aromatic heterocycles. The molecule has 0 radical (unpaired) electrons. The molecule has 4 rings (SSSR count). The van der Waals surface area contributed by atoms with E-state index in [1.807, 2.05) is 0 Å². The van der Waals surface area contributed by atoms with Crippen molar-refractivity contribution in [2.45, 2.75) is 31.7 Å². The first kappa shape index (κ1) is 18.1. The normalized spacial score (nSPS) is 23.4. The minimum absolute atomic E-state index is 0.137. The zero-order valence-electron chi connectivity index (χ0n) is 15.1. The molecule has 4 heterocycles. The van der Waals surface area contributed by atoms with E-state index in [9.17, 15) is 19.2 Å². The van der Waals surface area contributed by atoms with Crippen LogP contribution in [0, 0.1) is 0 Å². The maximum atomic E-state index is 12.6. The number of aromatic nitrogens is 1. The maximum absolute atomic E-state index is 12.6. The number of nitrogens with zero attached hydrogens (tertiary/aromatic N) is 3. The second-order valence-corrected chi connectivity index (χ2v) is 6.76. The summed E-state index contributed by atoms with van der Waals surface area (Å²) in [5.74, 6) is -0.730. The van der Waals surface area contributed by atoms with Crippen LogP contribution in [-0.2, 0) is 14.4 Å². The van der Waals surface area contributed by atoms with Crippen LogP contribution in [0.1, 0.15) is 37.3 Å². The van der Waals surface area contributed by atoms with Crippen LogP contribution in [0.3, 0.4) is 0 Å². The maximum Gasteiger partial charge on any atom is 0.260 e. The summed E-state index contributed by atoms with van der Waals surface area (Å²) in [7, 11) is 0. The van der Waals surface area contributed by atoms with Crippen LogP contribution in [0.25, 0.3) is 0 Å². The van der Waals surface area contributed by atoms with Crippen LogP contribution in [0.4, 0.5) is 0 Å². The van der Waals surface area contributed by atoms with Gasteiger partial charge in [-0.3, -0.25) is 34.6 Å². The zero-order chi connectivity index (χ0) is 19.7. The average Bonchev–Trinajstić information content (AvgIpc) is 2.68. The van der Waals surface area contributed by atoms with Crippen LogP contribution in [0.15, 0.2) is 51.5 Å². The van der Waals surface area contributed by atoms with Crippen LogP contribution < -0.4 is 11.0 Å². The largest absolute Gasteiger partial charge is 0.329 e. The number of hydrogen-bond donors (Lipinski definition) is 2. The lowest BCUT2D eigenvalue weighted by molar-refractivity contribution is -0.170. The van der Waals surface area contributed by atoms with Gasteiger partial charge in [0.2, 0.25) is 5.91 Å². The van der Waals surface area contributed by atoms with Crippen molar-refractivity contribution in [1.82, 2.24) is 20.5 Å². The molecule has 2 amide bonds. The number of hydrogen-bond acceptors (Lipinski definition) is 6. The van der Waals surface area contributed by atoms with E-state index in [1.165, 1.54) is 34.7 Å². The fourth-order valence-corrected chi connectivity index (χ4v) is 3.58. The number of H-pyrrole nitrogens is 1. The number of piperidine rings is 1. The standard InChI is InChI=1S/C19H19N5O4/c25-12-6-8-20-15(10-12)14-11-16(26)22-24(23-9-2-1-5-17(23)27)18(14)13-4-3-7-21-19(13)28/h3-4,7-8,10-11,18H,1-2,5-6,9H2,(H,21,28)(H,22,26). The molecule has 0 aliphatic carbocycles. The molecule has 0 aromatic carbocycles. The summed E-state index contributed by atoms with van der Waals surface area (Å²) in [6.07, 6.45) is 7.79. The third-order valence-electron chi connectivity index (χ3n) is 4.87. The topological polar surface area (TPSA) is 115 Å². The smallest absolute Gasteiger partial charge is 0.260 e. The summed E-state index contributed by atoms with van der Waals surface area (Å²) in [6.45, 7) is 0.425. The van der Waals surface area contributed by atoms with Gasteiger partial charge in [0.1, 0.15) is 6.04 Å². The Morgan fingerprint density at radius 1 is 1.11 bits per heavy atom. The van der Waals surface area contributed by atoms with Crippen molar-refractivity contribution in [3.05, 3.63) is 57.7 Å². The van der Waals surface area contributed by atoms with E-state index >= 15 is 0 Å². The Balaban J connectivity index is 1.86. The lowest BCUT2D eigenvalue weighted by atomic mass is 9.93. The van der Waals surface area contributed by atoms with Gasteiger partial charge in [0.25, 0.3) is 11.5 Å². The molecule has 0 bridgehead atoms. The number of allylic oxidation sites excluding steroid dienone is 1. The van der Waals surface area contributed by atoms with E-state index < -0.39 is 11.9 Å². The molecule has 3 aliphatic rings. The van der Waals surface area contributed by atoms with Gasteiger partial charge in [-0.2, -0.15) is 0 Å². The molecule has 28 heavy (non-hydrogen) atoms. The number of nitrogens with one attached hydrogen (secondary N) is 2. The number of ketones is 1. The highest BCUT2D eigenvalue weighted by Crippen LogP contribution is 2.35. The number of pyridine rings is 1. The molecule has 1 saturated heterocycles. The molecule has 144 valence electrons. The lowest BCUT2D eigenvalue weighted by Gasteiger charge is -2.44. The van der Waals surface area contributed by atoms with E-state index in [2.05, 4.69) is 15.4 Å². The number of aliphatic imine (C=N–C) groups is 1. The zero-order valence-corrected chi connectivity index (χ0v) is 15.1. The Bertz CT molecular complexity index is 990. The van der Waals surface area contributed by atoms with Gasteiger partial charge in [-0.1, -0.05) is 0 Å². The van der Waals surface area contributed by atoms with Crippen LogP contribution >= 0.6 is 0 Å². The molecule has 0 spiro atoms. The van der Waals surface area contributed by atoms with Gasteiger partial charge >= 0.3 is 0 Å². The number of aromatic amines is 1. The quantitative estimate of drug-likeness (QED) is 0.793. The minimum Gasteiger partial charge on any atom is -0.329 e. The number of amides is 2. The van der Waals surface area contributed by atoms with Crippen molar-refractivity contribution >= 4 is 23.8 Å². The summed E-state index contributed by atoms with van der Waals surface area (Å²) < 4.78 is 0.